The number of rotatable bonds is 5. The maximum Gasteiger partial charge on any atom is 0.137 e. The van der Waals surface area contributed by atoms with Gasteiger partial charge in [0.25, 0.3) is 0 Å². The van der Waals surface area contributed by atoms with E-state index in [1.54, 1.807) is 0 Å². The standard InChI is InChI=1S/C49H31N3S/c1-3-11-34(12-4-1)49-48(50-47-17-9-10-28-51(47)49)33-20-18-32(19-21-33)35-23-26-45-41(30-35)42-31-37(24-27-46(42)53-45)36-22-25-44-40(29-36)39-15-7-8-16-43(39)52(44)38-13-5-2-6-14-38/h1-31H. The van der Waals surface area contributed by atoms with E-state index in [9.17, 15) is 0 Å². The summed E-state index contributed by atoms with van der Waals surface area (Å²) < 4.78 is 7.16. The summed E-state index contributed by atoms with van der Waals surface area (Å²) in [5.74, 6) is 0. The molecule has 4 aromatic heterocycles. The first kappa shape index (κ1) is 29.9. The third kappa shape index (κ3) is 4.84. The molecule has 248 valence electrons. The molecule has 0 N–H and O–H groups in total. The van der Waals surface area contributed by atoms with Crippen LogP contribution in [0.2, 0.25) is 0 Å². The predicted octanol–water partition coefficient (Wildman–Crippen LogP) is 13.5. The maximum atomic E-state index is 5.07. The molecule has 0 unspecified atom stereocenters. The van der Waals surface area contributed by atoms with E-state index >= 15 is 0 Å². The lowest BCUT2D eigenvalue weighted by atomic mass is 9.98. The number of para-hydroxylation sites is 2. The monoisotopic (exact) mass is 693 g/mol. The highest BCUT2D eigenvalue weighted by Crippen LogP contribution is 2.41. The van der Waals surface area contributed by atoms with Gasteiger partial charge in [-0.15, -0.1) is 11.3 Å². The third-order valence-electron chi connectivity index (χ3n) is 10.6. The van der Waals surface area contributed by atoms with Gasteiger partial charge in [0.05, 0.1) is 22.4 Å². The molecule has 0 aliphatic heterocycles. The van der Waals surface area contributed by atoms with E-state index in [0.29, 0.717) is 0 Å². The van der Waals surface area contributed by atoms with Crippen LogP contribution in [0, 0.1) is 0 Å². The Morgan fingerprint density at radius 1 is 0.396 bits per heavy atom. The van der Waals surface area contributed by atoms with Gasteiger partial charge in [0.2, 0.25) is 0 Å². The molecular weight excluding hydrogens is 663 g/mol. The normalized spacial score (nSPS) is 11.8. The number of hydrogen-bond donors (Lipinski definition) is 0. The highest BCUT2D eigenvalue weighted by atomic mass is 32.1. The Morgan fingerprint density at radius 2 is 0.962 bits per heavy atom. The van der Waals surface area contributed by atoms with Crippen molar-refractivity contribution in [3.63, 3.8) is 0 Å². The fraction of sp³-hybridized carbons (Fsp3) is 0. The van der Waals surface area contributed by atoms with Gasteiger partial charge in [0.15, 0.2) is 0 Å². The lowest BCUT2D eigenvalue weighted by Gasteiger charge is -2.08. The third-order valence-corrected chi connectivity index (χ3v) is 11.7. The fourth-order valence-corrected chi connectivity index (χ4v) is 9.10. The first-order valence-electron chi connectivity index (χ1n) is 18.0. The topological polar surface area (TPSA) is 22.2 Å². The highest BCUT2D eigenvalue weighted by Gasteiger charge is 2.17. The molecule has 3 nitrogen and oxygen atoms in total. The molecule has 4 heterocycles. The van der Waals surface area contributed by atoms with Crippen LogP contribution in [0.25, 0.3) is 98.1 Å². The van der Waals surface area contributed by atoms with E-state index in [1.165, 1.54) is 69.9 Å². The van der Waals surface area contributed by atoms with Gasteiger partial charge in [-0.3, -0.25) is 4.40 Å². The van der Waals surface area contributed by atoms with Crippen molar-refractivity contribution in [2.75, 3.05) is 0 Å². The van der Waals surface area contributed by atoms with Crippen LogP contribution in [-0.2, 0) is 0 Å². The zero-order chi connectivity index (χ0) is 34.9. The molecule has 4 heteroatoms. The van der Waals surface area contributed by atoms with Crippen LogP contribution in [0.4, 0.5) is 0 Å². The number of hydrogen-bond acceptors (Lipinski definition) is 2. The van der Waals surface area contributed by atoms with Crippen LogP contribution in [-0.4, -0.2) is 14.0 Å². The van der Waals surface area contributed by atoms with Gasteiger partial charge in [-0.05, 0) is 89.0 Å². The van der Waals surface area contributed by atoms with Gasteiger partial charge in [0, 0.05) is 54.0 Å². The average Bonchev–Trinajstić information content (AvgIpc) is 3.90. The quantitative estimate of drug-likeness (QED) is 0.176. The lowest BCUT2D eigenvalue weighted by molar-refractivity contribution is 1.18. The van der Waals surface area contributed by atoms with Gasteiger partial charge in [-0.1, -0.05) is 115 Å². The van der Waals surface area contributed by atoms with E-state index in [4.69, 9.17) is 4.98 Å². The molecule has 7 aromatic carbocycles. The van der Waals surface area contributed by atoms with E-state index in [1.807, 2.05) is 17.4 Å². The molecular formula is C49H31N3S. The number of nitrogens with zero attached hydrogens (tertiary/aromatic N) is 3. The molecule has 0 amide bonds. The number of thiophene rings is 1. The lowest BCUT2D eigenvalue weighted by Crippen LogP contribution is -1.92. The summed E-state index contributed by atoms with van der Waals surface area (Å²) in [5, 5.41) is 5.12. The summed E-state index contributed by atoms with van der Waals surface area (Å²) in [7, 11) is 0. The second-order valence-electron chi connectivity index (χ2n) is 13.6. The molecule has 0 saturated carbocycles. The van der Waals surface area contributed by atoms with Crippen LogP contribution < -0.4 is 0 Å². The molecule has 0 radical (unpaired) electrons. The Bertz CT molecular complexity index is 3150. The van der Waals surface area contributed by atoms with Crippen molar-refractivity contribution in [1.82, 2.24) is 14.0 Å². The van der Waals surface area contributed by atoms with E-state index < -0.39 is 0 Å². The van der Waals surface area contributed by atoms with Crippen molar-refractivity contribution in [3.05, 3.63) is 188 Å². The Morgan fingerprint density at radius 3 is 1.72 bits per heavy atom. The fourth-order valence-electron chi connectivity index (χ4n) is 8.03. The van der Waals surface area contributed by atoms with Gasteiger partial charge in [-0.2, -0.15) is 0 Å². The van der Waals surface area contributed by atoms with Crippen molar-refractivity contribution < 1.29 is 0 Å². The summed E-state index contributed by atoms with van der Waals surface area (Å²) in [4.78, 5) is 5.07. The zero-order valence-electron chi connectivity index (χ0n) is 28.6. The van der Waals surface area contributed by atoms with Crippen molar-refractivity contribution in [3.8, 4) is 50.5 Å². The van der Waals surface area contributed by atoms with Gasteiger partial charge >= 0.3 is 0 Å². The molecule has 0 spiro atoms. The Hall–Kier alpha value is -6.75. The summed E-state index contributed by atoms with van der Waals surface area (Å²) in [6.45, 7) is 0. The zero-order valence-corrected chi connectivity index (χ0v) is 29.5. The first-order valence-corrected chi connectivity index (χ1v) is 18.8. The molecule has 0 bridgehead atoms. The van der Waals surface area contributed by atoms with Crippen molar-refractivity contribution in [2.24, 2.45) is 0 Å². The second kappa shape index (κ2) is 11.9. The van der Waals surface area contributed by atoms with E-state index in [2.05, 4.69) is 191 Å². The van der Waals surface area contributed by atoms with Crippen LogP contribution in [0.1, 0.15) is 0 Å². The second-order valence-corrected chi connectivity index (χ2v) is 14.7. The minimum atomic E-state index is 0.943. The molecule has 0 fully saturated rings. The van der Waals surface area contributed by atoms with Crippen molar-refractivity contribution in [1.29, 1.82) is 0 Å². The van der Waals surface area contributed by atoms with Crippen molar-refractivity contribution >= 4 is 59.0 Å². The number of imidazole rings is 1. The van der Waals surface area contributed by atoms with Crippen molar-refractivity contribution in [2.45, 2.75) is 0 Å². The van der Waals surface area contributed by atoms with Crippen LogP contribution in [0.15, 0.2) is 188 Å². The molecule has 0 aliphatic rings. The van der Waals surface area contributed by atoms with Crippen LogP contribution in [0.3, 0.4) is 0 Å². The largest absolute Gasteiger partial charge is 0.309 e. The van der Waals surface area contributed by atoms with Gasteiger partial charge in [-0.25, -0.2) is 4.98 Å². The number of aromatic nitrogens is 3. The highest BCUT2D eigenvalue weighted by molar-refractivity contribution is 7.25. The average molecular weight is 694 g/mol. The van der Waals surface area contributed by atoms with E-state index in [0.717, 1.165) is 28.2 Å². The summed E-state index contributed by atoms with van der Waals surface area (Å²) in [6.07, 6.45) is 2.09. The van der Waals surface area contributed by atoms with Gasteiger partial charge < -0.3 is 4.57 Å². The number of fused-ring (bicyclic) bond motifs is 7. The van der Waals surface area contributed by atoms with E-state index in [-0.39, 0.29) is 0 Å². The maximum absolute atomic E-state index is 5.07. The Labute approximate surface area is 310 Å². The van der Waals surface area contributed by atoms with Crippen LogP contribution in [0.5, 0.6) is 0 Å². The summed E-state index contributed by atoms with van der Waals surface area (Å²) in [6, 6.07) is 65.7. The first-order chi connectivity index (χ1) is 26.3. The smallest absolute Gasteiger partial charge is 0.137 e. The molecule has 0 aliphatic carbocycles. The number of benzene rings is 7. The molecule has 0 saturated heterocycles. The minimum absolute atomic E-state index is 0.943. The van der Waals surface area contributed by atoms with Crippen LogP contribution >= 0.6 is 11.3 Å². The predicted molar refractivity (Wildman–Crippen MR) is 224 cm³/mol. The van der Waals surface area contributed by atoms with Gasteiger partial charge in [0.1, 0.15) is 5.65 Å². The SMILES string of the molecule is c1ccc(-c2c(-c3ccc(-c4ccc5sc6ccc(-c7ccc8c(c7)c7ccccc7n8-c7ccccc7)cc6c5c4)cc3)nc3ccccn23)cc1. The number of pyridine rings is 1. The molecule has 0 atom stereocenters. The summed E-state index contributed by atoms with van der Waals surface area (Å²) >= 11 is 1.86. The Balaban J connectivity index is 0.984. The molecule has 11 rings (SSSR count). The minimum Gasteiger partial charge on any atom is -0.309 e. The molecule has 11 aromatic rings. The Kier molecular flexibility index (Phi) is 6.73. The molecule has 53 heavy (non-hydrogen) atoms. The summed E-state index contributed by atoms with van der Waals surface area (Å²) in [5.41, 5.74) is 13.8.